The highest BCUT2D eigenvalue weighted by molar-refractivity contribution is 5.77. The summed E-state index contributed by atoms with van der Waals surface area (Å²) in [6.45, 7) is 2.25. The molecule has 0 amide bonds. The largest absolute Gasteiger partial charge is 0.396 e. The Labute approximate surface area is 87.7 Å². The third-order valence-corrected chi connectivity index (χ3v) is 2.51. The zero-order valence-electron chi connectivity index (χ0n) is 9.43. The van der Waals surface area contributed by atoms with Crippen LogP contribution in [0.15, 0.2) is 0 Å². The minimum absolute atomic E-state index is 0.324. The van der Waals surface area contributed by atoms with Crippen molar-refractivity contribution < 1.29 is 9.90 Å². The van der Waals surface area contributed by atoms with Crippen LogP contribution in [0.2, 0.25) is 0 Å². The molecule has 0 bridgehead atoms. The van der Waals surface area contributed by atoms with Crippen LogP contribution < -0.4 is 0 Å². The van der Waals surface area contributed by atoms with Gasteiger partial charge in [-0.3, -0.25) is 4.79 Å². The standard InChI is InChI=1S/C12H24O2/c1-2-12(14)10-8-6-4-3-5-7-9-11-13/h13H,2-11H2,1H3. The Bertz CT molecular complexity index is 132. The van der Waals surface area contributed by atoms with Gasteiger partial charge in [0.15, 0.2) is 0 Å². The van der Waals surface area contributed by atoms with Crippen molar-refractivity contribution in [2.45, 2.75) is 64.7 Å². The summed E-state index contributed by atoms with van der Waals surface area (Å²) in [5.74, 6) is 0.394. The van der Waals surface area contributed by atoms with E-state index in [4.69, 9.17) is 5.11 Å². The molecule has 0 aliphatic heterocycles. The van der Waals surface area contributed by atoms with Gasteiger partial charge < -0.3 is 5.11 Å². The van der Waals surface area contributed by atoms with Crippen LogP contribution in [-0.4, -0.2) is 17.5 Å². The molecule has 2 nitrogen and oxygen atoms in total. The third kappa shape index (κ3) is 9.72. The third-order valence-electron chi connectivity index (χ3n) is 2.51. The molecule has 14 heavy (non-hydrogen) atoms. The van der Waals surface area contributed by atoms with E-state index in [1.807, 2.05) is 6.92 Å². The maximum Gasteiger partial charge on any atom is 0.132 e. The first-order chi connectivity index (χ1) is 6.81. The zero-order chi connectivity index (χ0) is 10.6. The Kier molecular flexibility index (Phi) is 10.4. The molecule has 0 aromatic carbocycles. The van der Waals surface area contributed by atoms with Gasteiger partial charge in [-0.15, -0.1) is 0 Å². The molecular weight excluding hydrogens is 176 g/mol. The van der Waals surface area contributed by atoms with E-state index in [9.17, 15) is 4.79 Å². The quantitative estimate of drug-likeness (QED) is 0.550. The number of aliphatic hydroxyl groups is 1. The van der Waals surface area contributed by atoms with Crippen molar-refractivity contribution in [2.24, 2.45) is 0 Å². The molecule has 0 rings (SSSR count). The molecule has 0 unspecified atom stereocenters. The molecule has 0 radical (unpaired) electrons. The lowest BCUT2D eigenvalue weighted by Gasteiger charge is -2.00. The van der Waals surface area contributed by atoms with Gasteiger partial charge in [-0.1, -0.05) is 39.0 Å². The molecule has 0 atom stereocenters. The van der Waals surface area contributed by atoms with Crippen LogP contribution in [0, 0.1) is 0 Å². The first-order valence-corrected chi connectivity index (χ1v) is 5.93. The molecule has 0 saturated carbocycles. The number of hydrogen-bond acceptors (Lipinski definition) is 2. The van der Waals surface area contributed by atoms with E-state index in [1.165, 1.54) is 25.7 Å². The number of carbonyl (C=O) groups is 1. The summed E-state index contributed by atoms with van der Waals surface area (Å²) in [5.41, 5.74) is 0. The minimum atomic E-state index is 0.324. The highest BCUT2D eigenvalue weighted by Crippen LogP contribution is 2.08. The topological polar surface area (TPSA) is 37.3 Å². The second kappa shape index (κ2) is 10.7. The Morgan fingerprint density at radius 3 is 1.93 bits per heavy atom. The van der Waals surface area contributed by atoms with Gasteiger partial charge in [0.05, 0.1) is 0 Å². The molecule has 84 valence electrons. The predicted octanol–water partition coefficient (Wildman–Crippen LogP) is 3.08. The maximum atomic E-state index is 11.0. The molecule has 0 spiro atoms. The molecular formula is C12H24O2. The van der Waals surface area contributed by atoms with Crippen LogP contribution in [0.4, 0.5) is 0 Å². The lowest BCUT2D eigenvalue weighted by atomic mass is 10.1. The molecule has 0 heterocycles. The summed E-state index contributed by atoms with van der Waals surface area (Å²) in [5, 5.41) is 8.56. The normalized spacial score (nSPS) is 10.4. The van der Waals surface area contributed by atoms with E-state index in [-0.39, 0.29) is 0 Å². The molecule has 1 N–H and O–H groups in total. The average molecular weight is 200 g/mol. The summed E-state index contributed by atoms with van der Waals surface area (Å²) in [6.07, 6.45) is 9.50. The van der Waals surface area contributed by atoms with Crippen LogP contribution >= 0.6 is 0 Å². The van der Waals surface area contributed by atoms with Crippen molar-refractivity contribution in [1.29, 1.82) is 0 Å². The van der Waals surface area contributed by atoms with E-state index in [2.05, 4.69) is 0 Å². The van der Waals surface area contributed by atoms with E-state index in [1.54, 1.807) is 0 Å². The van der Waals surface area contributed by atoms with Crippen LogP contribution in [0.3, 0.4) is 0 Å². The highest BCUT2D eigenvalue weighted by atomic mass is 16.2. The first kappa shape index (κ1) is 13.6. The number of aliphatic hydroxyl groups excluding tert-OH is 1. The van der Waals surface area contributed by atoms with Gasteiger partial charge in [-0.25, -0.2) is 0 Å². The Morgan fingerprint density at radius 2 is 1.43 bits per heavy atom. The number of rotatable bonds is 10. The van der Waals surface area contributed by atoms with Gasteiger partial charge in [-0.2, -0.15) is 0 Å². The van der Waals surface area contributed by atoms with Crippen LogP contribution in [-0.2, 0) is 4.79 Å². The van der Waals surface area contributed by atoms with Crippen molar-refractivity contribution >= 4 is 5.78 Å². The first-order valence-electron chi connectivity index (χ1n) is 5.93. The molecule has 0 saturated heterocycles. The fourth-order valence-corrected chi connectivity index (χ4v) is 1.49. The number of hydrogen-bond donors (Lipinski definition) is 1. The van der Waals surface area contributed by atoms with Gasteiger partial charge >= 0.3 is 0 Å². The van der Waals surface area contributed by atoms with E-state index in [0.29, 0.717) is 18.8 Å². The highest BCUT2D eigenvalue weighted by Gasteiger charge is 1.97. The van der Waals surface area contributed by atoms with Gasteiger partial charge in [-0.05, 0) is 12.8 Å². The van der Waals surface area contributed by atoms with Gasteiger partial charge in [0.2, 0.25) is 0 Å². The second-order valence-electron chi connectivity index (χ2n) is 3.84. The predicted molar refractivity (Wildman–Crippen MR) is 59.3 cm³/mol. The summed E-state index contributed by atoms with van der Waals surface area (Å²) in [6, 6.07) is 0. The molecule has 0 aromatic rings. The summed E-state index contributed by atoms with van der Waals surface area (Å²) >= 11 is 0. The van der Waals surface area contributed by atoms with Crippen molar-refractivity contribution in [3.8, 4) is 0 Å². The van der Waals surface area contributed by atoms with Crippen molar-refractivity contribution in [2.75, 3.05) is 6.61 Å². The number of unbranched alkanes of at least 4 members (excludes halogenated alkanes) is 6. The van der Waals surface area contributed by atoms with Crippen LogP contribution in [0.1, 0.15) is 64.7 Å². The minimum Gasteiger partial charge on any atom is -0.396 e. The summed E-state index contributed by atoms with van der Waals surface area (Å²) in [4.78, 5) is 11.0. The van der Waals surface area contributed by atoms with Gasteiger partial charge in [0.1, 0.15) is 5.78 Å². The van der Waals surface area contributed by atoms with Crippen LogP contribution in [0.5, 0.6) is 0 Å². The maximum absolute atomic E-state index is 11.0. The second-order valence-corrected chi connectivity index (χ2v) is 3.84. The molecule has 0 fully saturated rings. The lowest BCUT2D eigenvalue weighted by molar-refractivity contribution is -0.118. The monoisotopic (exact) mass is 200 g/mol. The zero-order valence-corrected chi connectivity index (χ0v) is 9.43. The van der Waals surface area contributed by atoms with Gasteiger partial charge in [0.25, 0.3) is 0 Å². The summed E-state index contributed by atoms with van der Waals surface area (Å²) < 4.78 is 0. The number of ketones is 1. The lowest BCUT2D eigenvalue weighted by Crippen LogP contribution is -1.94. The van der Waals surface area contributed by atoms with Crippen molar-refractivity contribution in [1.82, 2.24) is 0 Å². The molecule has 0 aliphatic rings. The van der Waals surface area contributed by atoms with Gasteiger partial charge in [0, 0.05) is 19.4 Å². The molecule has 2 heteroatoms. The van der Waals surface area contributed by atoms with E-state index in [0.717, 1.165) is 25.7 Å². The fraction of sp³-hybridized carbons (Fsp3) is 0.917. The smallest absolute Gasteiger partial charge is 0.132 e. The molecule has 0 aliphatic carbocycles. The SMILES string of the molecule is CCC(=O)CCCCCCCCCO. The van der Waals surface area contributed by atoms with Crippen LogP contribution in [0.25, 0.3) is 0 Å². The summed E-state index contributed by atoms with van der Waals surface area (Å²) in [7, 11) is 0. The van der Waals surface area contributed by atoms with Crippen molar-refractivity contribution in [3.63, 3.8) is 0 Å². The molecule has 0 aromatic heterocycles. The number of Topliss-reactive ketones (excluding diaryl/α,β-unsaturated/α-hetero) is 1. The van der Waals surface area contributed by atoms with Crippen molar-refractivity contribution in [3.05, 3.63) is 0 Å². The van der Waals surface area contributed by atoms with E-state index >= 15 is 0 Å². The average Bonchev–Trinajstić information content (AvgIpc) is 2.21. The Balaban J connectivity index is 2.95. The van der Waals surface area contributed by atoms with E-state index < -0.39 is 0 Å². The fourth-order valence-electron chi connectivity index (χ4n) is 1.49. The number of carbonyl (C=O) groups excluding carboxylic acids is 1. The Morgan fingerprint density at radius 1 is 0.929 bits per heavy atom. The Hall–Kier alpha value is -0.370.